The zero-order valence-electron chi connectivity index (χ0n) is 8.30. The van der Waals surface area contributed by atoms with E-state index >= 15 is 0 Å². The fraction of sp³-hybridized carbons (Fsp3) is 0.455. The van der Waals surface area contributed by atoms with E-state index < -0.39 is 0 Å². The second kappa shape index (κ2) is 5.83. The van der Waals surface area contributed by atoms with Crippen LogP contribution < -0.4 is 5.32 Å². The van der Waals surface area contributed by atoms with Crippen molar-refractivity contribution in [3.63, 3.8) is 0 Å². The van der Waals surface area contributed by atoms with Gasteiger partial charge in [-0.05, 0) is 46.9 Å². The largest absolute Gasteiger partial charge is 0.310 e. The van der Waals surface area contributed by atoms with Crippen LogP contribution in [0.1, 0.15) is 30.9 Å². The van der Waals surface area contributed by atoms with Crippen molar-refractivity contribution >= 4 is 28.3 Å². The van der Waals surface area contributed by atoms with Gasteiger partial charge in [0.25, 0.3) is 0 Å². The first-order chi connectivity index (χ1) is 6.79. The average molecular weight is 295 g/mol. The Morgan fingerprint density at radius 2 is 2.13 bits per heavy atom. The molecule has 1 atom stereocenters. The third-order valence-corrected chi connectivity index (χ3v) is 3.50. The van der Waals surface area contributed by atoms with Crippen LogP contribution in [0.25, 0.3) is 0 Å². The molecule has 0 spiro atoms. The fourth-order valence-electron chi connectivity index (χ4n) is 1.91. The SMILES string of the molecule is Cl.Fc1cccc([C@@H]2CCCCN2)c1Br. The van der Waals surface area contributed by atoms with Crippen molar-refractivity contribution in [3.05, 3.63) is 34.1 Å². The average Bonchev–Trinajstić information content (AvgIpc) is 2.23. The maximum atomic E-state index is 13.3. The monoisotopic (exact) mass is 293 g/mol. The Balaban J connectivity index is 0.00000112. The number of nitrogens with one attached hydrogen (secondary N) is 1. The molecule has 1 aromatic carbocycles. The van der Waals surface area contributed by atoms with Crippen molar-refractivity contribution < 1.29 is 4.39 Å². The summed E-state index contributed by atoms with van der Waals surface area (Å²) in [6, 6.07) is 5.55. The van der Waals surface area contributed by atoms with Gasteiger partial charge < -0.3 is 5.32 Å². The van der Waals surface area contributed by atoms with Crippen molar-refractivity contribution in [1.29, 1.82) is 0 Å². The molecule has 15 heavy (non-hydrogen) atoms. The first-order valence-electron chi connectivity index (χ1n) is 4.96. The lowest BCUT2D eigenvalue weighted by Gasteiger charge is -2.24. The van der Waals surface area contributed by atoms with Gasteiger partial charge in [0.15, 0.2) is 0 Å². The molecule has 0 aliphatic carbocycles. The zero-order chi connectivity index (χ0) is 9.97. The Morgan fingerprint density at radius 1 is 1.33 bits per heavy atom. The number of rotatable bonds is 1. The normalized spacial score (nSPS) is 20.8. The van der Waals surface area contributed by atoms with E-state index in [1.807, 2.05) is 6.07 Å². The van der Waals surface area contributed by atoms with Crippen LogP contribution in [0.15, 0.2) is 22.7 Å². The number of hydrogen-bond acceptors (Lipinski definition) is 1. The molecule has 0 unspecified atom stereocenters. The van der Waals surface area contributed by atoms with E-state index in [9.17, 15) is 4.39 Å². The van der Waals surface area contributed by atoms with Gasteiger partial charge in [-0.25, -0.2) is 4.39 Å². The van der Waals surface area contributed by atoms with Gasteiger partial charge in [-0.1, -0.05) is 18.6 Å². The smallest absolute Gasteiger partial charge is 0.137 e. The summed E-state index contributed by atoms with van der Waals surface area (Å²) >= 11 is 3.30. The van der Waals surface area contributed by atoms with Crippen LogP contribution >= 0.6 is 28.3 Å². The highest BCUT2D eigenvalue weighted by Crippen LogP contribution is 2.30. The molecule has 0 radical (unpaired) electrons. The summed E-state index contributed by atoms with van der Waals surface area (Å²) in [7, 11) is 0. The summed E-state index contributed by atoms with van der Waals surface area (Å²) in [5.41, 5.74) is 1.05. The summed E-state index contributed by atoms with van der Waals surface area (Å²) in [5.74, 6) is -0.171. The summed E-state index contributed by atoms with van der Waals surface area (Å²) in [6.45, 7) is 1.04. The standard InChI is InChI=1S/C11H13BrFN.ClH/c12-11-8(4-3-5-9(11)13)10-6-1-2-7-14-10;/h3-5,10,14H,1-2,6-7H2;1H/t10-;/m0./s1. The lowest BCUT2D eigenvalue weighted by Crippen LogP contribution is -2.27. The number of halogens is 3. The molecule has 84 valence electrons. The molecule has 1 heterocycles. The predicted octanol–water partition coefficient (Wildman–Crippen LogP) is 3.82. The van der Waals surface area contributed by atoms with Gasteiger partial charge in [-0.15, -0.1) is 12.4 Å². The van der Waals surface area contributed by atoms with Gasteiger partial charge in [0.05, 0.1) is 4.47 Å². The van der Waals surface area contributed by atoms with Crippen LogP contribution in [0.2, 0.25) is 0 Å². The van der Waals surface area contributed by atoms with E-state index in [1.54, 1.807) is 6.07 Å². The molecule has 2 rings (SSSR count). The molecule has 1 saturated heterocycles. The van der Waals surface area contributed by atoms with E-state index in [1.165, 1.54) is 18.9 Å². The van der Waals surface area contributed by atoms with E-state index in [4.69, 9.17) is 0 Å². The molecular formula is C11H14BrClFN. The van der Waals surface area contributed by atoms with Gasteiger partial charge in [0.2, 0.25) is 0 Å². The van der Waals surface area contributed by atoms with E-state index in [-0.39, 0.29) is 18.2 Å². The van der Waals surface area contributed by atoms with Crippen LogP contribution in [0, 0.1) is 5.82 Å². The van der Waals surface area contributed by atoms with Crippen molar-refractivity contribution in [2.24, 2.45) is 0 Å². The molecule has 1 aliphatic rings. The maximum absolute atomic E-state index is 13.3. The molecule has 1 aliphatic heterocycles. The Morgan fingerprint density at radius 3 is 2.80 bits per heavy atom. The topological polar surface area (TPSA) is 12.0 Å². The minimum atomic E-state index is -0.171. The minimum absolute atomic E-state index is 0. The lowest BCUT2D eigenvalue weighted by molar-refractivity contribution is 0.409. The molecule has 1 nitrogen and oxygen atoms in total. The van der Waals surface area contributed by atoms with E-state index in [0.717, 1.165) is 18.5 Å². The van der Waals surface area contributed by atoms with Crippen LogP contribution in [0.3, 0.4) is 0 Å². The van der Waals surface area contributed by atoms with Gasteiger partial charge >= 0.3 is 0 Å². The van der Waals surface area contributed by atoms with E-state index in [2.05, 4.69) is 21.2 Å². The highest BCUT2D eigenvalue weighted by atomic mass is 79.9. The van der Waals surface area contributed by atoms with Crippen LogP contribution in [-0.2, 0) is 0 Å². The third kappa shape index (κ3) is 2.92. The fourth-order valence-corrected chi connectivity index (χ4v) is 2.45. The quantitative estimate of drug-likeness (QED) is 0.830. The summed E-state index contributed by atoms with van der Waals surface area (Å²) < 4.78 is 13.9. The van der Waals surface area contributed by atoms with Gasteiger partial charge in [-0.2, -0.15) is 0 Å². The molecule has 1 fully saturated rings. The molecule has 1 N–H and O–H groups in total. The second-order valence-electron chi connectivity index (χ2n) is 3.65. The Hall–Kier alpha value is -0.120. The molecule has 0 aromatic heterocycles. The number of hydrogen-bond donors (Lipinski definition) is 1. The molecule has 0 amide bonds. The summed E-state index contributed by atoms with van der Waals surface area (Å²) in [4.78, 5) is 0. The van der Waals surface area contributed by atoms with Gasteiger partial charge in [-0.3, -0.25) is 0 Å². The third-order valence-electron chi connectivity index (χ3n) is 2.67. The van der Waals surface area contributed by atoms with Gasteiger partial charge in [0.1, 0.15) is 5.82 Å². The first kappa shape index (κ1) is 12.9. The zero-order valence-corrected chi connectivity index (χ0v) is 10.7. The summed E-state index contributed by atoms with van der Waals surface area (Å²) in [5, 5.41) is 3.41. The van der Waals surface area contributed by atoms with Crippen molar-refractivity contribution in [3.8, 4) is 0 Å². The second-order valence-corrected chi connectivity index (χ2v) is 4.44. The van der Waals surface area contributed by atoms with Crippen LogP contribution in [0.4, 0.5) is 4.39 Å². The molecule has 0 bridgehead atoms. The van der Waals surface area contributed by atoms with Crippen LogP contribution in [-0.4, -0.2) is 6.54 Å². The van der Waals surface area contributed by atoms with Crippen molar-refractivity contribution in [2.45, 2.75) is 25.3 Å². The van der Waals surface area contributed by atoms with Crippen LogP contribution in [0.5, 0.6) is 0 Å². The maximum Gasteiger partial charge on any atom is 0.137 e. The Labute approximate surface area is 104 Å². The molecule has 4 heteroatoms. The first-order valence-corrected chi connectivity index (χ1v) is 5.75. The lowest BCUT2D eigenvalue weighted by atomic mass is 9.97. The minimum Gasteiger partial charge on any atom is -0.310 e. The van der Waals surface area contributed by atoms with E-state index in [0.29, 0.717) is 10.5 Å². The summed E-state index contributed by atoms with van der Waals surface area (Å²) in [6.07, 6.45) is 3.55. The number of benzene rings is 1. The molecule has 0 saturated carbocycles. The molecule has 1 aromatic rings. The number of piperidine rings is 1. The van der Waals surface area contributed by atoms with Crippen molar-refractivity contribution in [2.75, 3.05) is 6.54 Å². The Kier molecular flexibility index (Phi) is 5.03. The predicted molar refractivity (Wildman–Crippen MR) is 65.9 cm³/mol. The van der Waals surface area contributed by atoms with Crippen molar-refractivity contribution in [1.82, 2.24) is 5.32 Å². The molecular weight excluding hydrogens is 280 g/mol. The highest BCUT2D eigenvalue weighted by Gasteiger charge is 2.18. The van der Waals surface area contributed by atoms with Gasteiger partial charge in [0, 0.05) is 6.04 Å². The Bertz CT molecular complexity index is 326. The highest BCUT2D eigenvalue weighted by molar-refractivity contribution is 9.10.